The number of aromatic nitrogens is 2. The normalized spacial score (nSPS) is 11.0. The van der Waals surface area contributed by atoms with E-state index >= 15 is 0 Å². The van der Waals surface area contributed by atoms with E-state index in [1.54, 1.807) is 24.3 Å². The monoisotopic (exact) mass is 396 g/mol. The molecule has 3 rings (SSSR count). The summed E-state index contributed by atoms with van der Waals surface area (Å²) >= 11 is 1.33. The molecular formula is C21H24N4O2S. The van der Waals surface area contributed by atoms with Crippen LogP contribution in [0.1, 0.15) is 29.8 Å². The van der Waals surface area contributed by atoms with Crippen LogP contribution in [0, 0.1) is 12.8 Å². The highest BCUT2D eigenvalue weighted by atomic mass is 32.2. The van der Waals surface area contributed by atoms with Crippen LogP contribution in [0.3, 0.4) is 0 Å². The number of nitrogens with zero attached hydrogens (tertiary/aromatic N) is 1. The summed E-state index contributed by atoms with van der Waals surface area (Å²) in [5.74, 6) is 0.172. The molecule has 1 heterocycles. The number of aryl methyl sites for hydroxylation is 1. The zero-order chi connectivity index (χ0) is 20.1. The smallest absolute Gasteiger partial charge is 0.253 e. The minimum atomic E-state index is -0.190. The maximum absolute atomic E-state index is 12.4. The Balaban J connectivity index is 1.62. The third kappa shape index (κ3) is 5.13. The number of aromatic amines is 1. The second-order valence-electron chi connectivity index (χ2n) is 7.05. The Labute approximate surface area is 168 Å². The molecule has 0 unspecified atom stereocenters. The van der Waals surface area contributed by atoms with Crippen LogP contribution in [0.15, 0.2) is 47.6 Å². The number of H-pyrrole nitrogens is 1. The molecule has 7 heteroatoms. The first kappa shape index (κ1) is 19.9. The highest BCUT2D eigenvalue weighted by molar-refractivity contribution is 7.99. The lowest BCUT2D eigenvalue weighted by molar-refractivity contribution is -0.113. The number of benzene rings is 2. The van der Waals surface area contributed by atoms with Crippen LogP contribution >= 0.6 is 11.8 Å². The quantitative estimate of drug-likeness (QED) is 0.527. The largest absolute Gasteiger partial charge is 0.352 e. The molecule has 0 saturated carbocycles. The van der Waals surface area contributed by atoms with Crippen molar-refractivity contribution in [2.75, 3.05) is 17.6 Å². The summed E-state index contributed by atoms with van der Waals surface area (Å²) in [4.78, 5) is 32.5. The maximum Gasteiger partial charge on any atom is 0.253 e. The van der Waals surface area contributed by atoms with Gasteiger partial charge in [-0.15, -0.1) is 0 Å². The van der Waals surface area contributed by atoms with E-state index in [1.807, 2.05) is 39.0 Å². The van der Waals surface area contributed by atoms with Crippen molar-refractivity contribution in [1.82, 2.24) is 15.3 Å². The van der Waals surface area contributed by atoms with Gasteiger partial charge in [0.05, 0.1) is 28.0 Å². The van der Waals surface area contributed by atoms with Crippen molar-refractivity contribution in [2.45, 2.75) is 25.9 Å². The predicted octanol–water partition coefficient (Wildman–Crippen LogP) is 3.99. The average molecular weight is 397 g/mol. The molecule has 6 nitrogen and oxygen atoms in total. The number of carbonyl (C=O) groups is 2. The van der Waals surface area contributed by atoms with E-state index in [1.165, 1.54) is 11.8 Å². The molecular weight excluding hydrogens is 372 g/mol. The fourth-order valence-corrected chi connectivity index (χ4v) is 3.36. The van der Waals surface area contributed by atoms with Gasteiger partial charge in [-0.05, 0) is 42.7 Å². The van der Waals surface area contributed by atoms with Crippen LogP contribution in [0.2, 0.25) is 0 Å². The lowest BCUT2D eigenvalue weighted by Crippen LogP contribution is -2.28. The van der Waals surface area contributed by atoms with Gasteiger partial charge in [0.15, 0.2) is 5.16 Å². The van der Waals surface area contributed by atoms with Crippen LogP contribution < -0.4 is 10.6 Å². The van der Waals surface area contributed by atoms with Gasteiger partial charge in [-0.2, -0.15) is 0 Å². The summed E-state index contributed by atoms with van der Waals surface area (Å²) in [6.45, 7) is 6.67. The molecule has 1 aromatic heterocycles. The van der Waals surface area contributed by atoms with Crippen molar-refractivity contribution in [3.63, 3.8) is 0 Å². The molecule has 3 N–H and O–H groups in total. The van der Waals surface area contributed by atoms with Gasteiger partial charge in [0.2, 0.25) is 5.91 Å². The van der Waals surface area contributed by atoms with Crippen LogP contribution in [-0.2, 0) is 4.79 Å². The van der Waals surface area contributed by atoms with Crippen molar-refractivity contribution < 1.29 is 9.59 Å². The van der Waals surface area contributed by atoms with E-state index in [9.17, 15) is 9.59 Å². The first-order valence-electron chi connectivity index (χ1n) is 9.18. The molecule has 0 radical (unpaired) electrons. The van der Waals surface area contributed by atoms with Crippen LogP contribution in [-0.4, -0.2) is 34.1 Å². The van der Waals surface area contributed by atoms with E-state index in [0.29, 0.717) is 28.9 Å². The first-order valence-corrected chi connectivity index (χ1v) is 10.2. The zero-order valence-electron chi connectivity index (χ0n) is 16.2. The molecule has 0 aliphatic rings. The molecule has 3 aromatic rings. The summed E-state index contributed by atoms with van der Waals surface area (Å²) < 4.78 is 0. The van der Waals surface area contributed by atoms with Crippen molar-refractivity contribution in [2.24, 2.45) is 5.92 Å². The number of nitrogens with one attached hydrogen (secondary N) is 3. The first-order chi connectivity index (χ1) is 13.4. The summed E-state index contributed by atoms with van der Waals surface area (Å²) in [5.41, 5.74) is 3.95. The van der Waals surface area contributed by atoms with Crippen molar-refractivity contribution >= 4 is 40.3 Å². The summed E-state index contributed by atoms with van der Waals surface area (Å²) in [5, 5.41) is 6.40. The highest BCUT2D eigenvalue weighted by Gasteiger charge is 2.14. The molecule has 2 amide bonds. The fraction of sp³-hybridized carbons (Fsp3) is 0.286. The Morgan fingerprint density at radius 2 is 1.96 bits per heavy atom. The number of rotatable bonds is 7. The van der Waals surface area contributed by atoms with Crippen LogP contribution in [0.4, 0.5) is 5.69 Å². The lowest BCUT2D eigenvalue weighted by Gasteiger charge is -2.12. The lowest BCUT2D eigenvalue weighted by atomic mass is 10.1. The van der Waals surface area contributed by atoms with Gasteiger partial charge >= 0.3 is 0 Å². The third-order valence-electron chi connectivity index (χ3n) is 4.07. The Morgan fingerprint density at radius 3 is 2.75 bits per heavy atom. The van der Waals surface area contributed by atoms with Crippen molar-refractivity contribution in [3.8, 4) is 0 Å². The van der Waals surface area contributed by atoms with Gasteiger partial charge in [-0.3, -0.25) is 9.59 Å². The van der Waals surface area contributed by atoms with E-state index in [4.69, 9.17) is 0 Å². The molecule has 0 aliphatic carbocycles. The molecule has 0 aliphatic heterocycles. The average Bonchev–Trinajstić information content (AvgIpc) is 3.07. The molecule has 0 bridgehead atoms. The van der Waals surface area contributed by atoms with Crippen LogP contribution in [0.5, 0.6) is 0 Å². The van der Waals surface area contributed by atoms with E-state index in [-0.39, 0.29) is 17.6 Å². The standard InChI is InChI=1S/C21H24N4O2S/c1-13(2)11-22-20(27)15-6-4-5-7-16(15)23-19(26)12-28-21-24-17-9-8-14(3)10-18(17)25-21/h4-10,13H,11-12H2,1-3H3,(H,22,27)(H,23,26)(H,24,25). The molecule has 0 atom stereocenters. The Hall–Kier alpha value is -2.80. The van der Waals surface area contributed by atoms with Gasteiger partial charge in [0.25, 0.3) is 5.91 Å². The van der Waals surface area contributed by atoms with E-state index in [0.717, 1.165) is 16.6 Å². The molecule has 146 valence electrons. The number of para-hydroxylation sites is 1. The molecule has 28 heavy (non-hydrogen) atoms. The van der Waals surface area contributed by atoms with Gasteiger partial charge in [-0.25, -0.2) is 4.98 Å². The van der Waals surface area contributed by atoms with Gasteiger partial charge in [0, 0.05) is 6.54 Å². The number of anilines is 1. The summed E-state index contributed by atoms with van der Waals surface area (Å²) in [6.07, 6.45) is 0. The van der Waals surface area contributed by atoms with Gasteiger partial charge in [0.1, 0.15) is 0 Å². The molecule has 0 spiro atoms. The fourth-order valence-electron chi connectivity index (χ4n) is 2.67. The van der Waals surface area contributed by atoms with Crippen molar-refractivity contribution in [3.05, 3.63) is 53.6 Å². The number of hydrogen-bond acceptors (Lipinski definition) is 4. The van der Waals surface area contributed by atoms with Crippen LogP contribution in [0.25, 0.3) is 11.0 Å². The Bertz CT molecular complexity index is 997. The maximum atomic E-state index is 12.4. The second kappa shape index (κ2) is 8.93. The number of hydrogen-bond donors (Lipinski definition) is 3. The zero-order valence-corrected chi connectivity index (χ0v) is 17.0. The number of amides is 2. The minimum absolute atomic E-state index is 0.189. The number of carbonyl (C=O) groups excluding carboxylic acids is 2. The van der Waals surface area contributed by atoms with E-state index in [2.05, 4.69) is 20.6 Å². The highest BCUT2D eigenvalue weighted by Crippen LogP contribution is 2.21. The number of imidazole rings is 1. The SMILES string of the molecule is Cc1ccc2nc(SCC(=O)Nc3ccccc3C(=O)NCC(C)C)[nH]c2c1. The molecule has 0 saturated heterocycles. The third-order valence-corrected chi connectivity index (χ3v) is 4.95. The summed E-state index contributed by atoms with van der Waals surface area (Å²) in [6, 6.07) is 13.0. The predicted molar refractivity (Wildman–Crippen MR) is 114 cm³/mol. The number of thioether (sulfide) groups is 1. The van der Waals surface area contributed by atoms with Crippen molar-refractivity contribution in [1.29, 1.82) is 0 Å². The Morgan fingerprint density at radius 1 is 1.18 bits per heavy atom. The van der Waals surface area contributed by atoms with E-state index < -0.39 is 0 Å². The Kier molecular flexibility index (Phi) is 6.36. The topological polar surface area (TPSA) is 86.9 Å². The summed E-state index contributed by atoms with van der Waals surface area (Å²) in [7, 11) is 0. The minimum Gasteiger partial charge on any atom is -0.352 e. The number of fused-ring (bicyclic) bond motifs is 1. The van der Waals surface area contributed by atoms with Gasteiger partial charge in [-0.1, -0.05) is 43.8 Å². The molecule has 0 fully saturated rings. The van der Waals surface area contributed by atoms with Gasteiger partial charge < -0.3 is 15.6 Å². The second-order valence-corrected chi connectivity index (χ2v) is 8.01. The molecule has 2 aromatic carbocycles.